The van der Waals surface area contributed by atoms with Crippen LogP contribution in [-0.4, -0.2) is 12.2 Å². The minimum absolute atomic E-state index is 0.0312. The van der Waals surface area contributed by atoms with Crippen molar-refractivity contribution in [2.24, 2.45) is 11.1 Å². The molecular weight excluding hydrogens is 155 g/mol. The molecule has 1 nitrogen and oxygen atoms in total. The normalized spacial score (nSPS) is 16.6. The molecule has 0 aromatic rings. The molecule has 0 aliphatic rings. The summed E-state index contributed by atoms with van der Waals surface area (Å²) in [6.07, 6.45) is -4.29. The Morgan fingerprint density at radius 2 is 1.55 bits per heavy atom. The van der Waals surface area contributed by atoms with Gasteiger partial charge >= 0.3 is 6.18 Å². The Bertz CT molecular complexity index is 123. The first-order chi connectivity index (χ1) is 4.63. The predicted octanol–water partition coefficient (Wildman–Crippen LogP) is 2.31. The molecular formula is C7H14F3N. The van der Waals surface area contributed by atoms with Crippen LogP contribution < -0.4 is 5.73 Å². The van der Waals surface area contributed by atoms with Gasteiger partial charge in [-0.05, 0) is 11.8 Å². The Kier molecular flexibility index (Phi) is 2.94. The largest absolute Gasteiger partial charge is 0.403 e. The lowest BCUT2D eigenvalue weighted by molar-refractivity contribution is -0.153. The van der Waals surface area contributed by atoms with E-state index in [1.165, 1.54) is 0 Å². The first kappa shape index (κ1) is 10.8. The standard InChI is InChI=1S/C7H14F3N/c1-6(2,3)4-5(11)7(8,9)10/h5H,4,11H2,1-3H3. The minimum Gasteiger partial charge on any atom is -0.320 e. The molecule has 0 aromatic heterocycles. The highest BCUT2D eigenvalue weighted by molar-refractivity contribution is 4.76. The summed E-state index contributed by atoms with van der Waals surface area (Å²) in [5.74, 6) is 0. The van der Waals surface area contributed by atoms with Crippen LogP contribution in [0, 0.1) is 5.41 Å². The van der Waals surface area contributed by atoms with Crippen LogP contribution in [0.4, 0.5) is 13.2 Å². The van der Waals surface area contributed by atoms with Crippen molar-refractivity contribution in [1.82, 2.24) is 0 Å². The molecule has 68 valence electrons. The molecule has 0 radical (unpaired) electrons. The van der Waals surface area contributed by atoms with E-state index in [9.17, 15) is 13.2 Å². The van der Waals surface area contributed by atoms with E-state index >= 15 is 0 Å². The van der Waals surface area contributed by atoms with Crippen molar-refractivity contribution in [2.45, 2.75) is 39.4 Å². The molecule has 11 heavy (non-hydrogen) atoms. The molecule has 0 fully saturated rings. The smallest absolute Gasteiger partial charge is 0.320 e. The van der Waals surface area contributed by atoms with E-state index in [1.807, 2.05) is 0 Å². The van der Waals surface area contributed by atoms with Crippen LogP contribution in [0.15, 0.2) is 0 Å². The van der Waals surface area contributed by atoms with E-state index in [-0.39, 0.29) is 11.8 Å². The first-order valence-corrected chi connectivity index (χ1v) is 3.45. The molecule has 0 aliphatic carbocycles. The molecule has 1 unspecified atom stereocenters. The van der Waals surface area contributed by atoms with Crippen LogP contribution in [0.5, 0.6) is 0 Å². The number of rotatable bonds is 1. The Labute approximate surface area is 64.8 Å². The quantitative estimate of drug-likeness (QED) is 0.640. The third kappa shape index (κ3) is 5.07. The highest BCUT2D eigenvalue weighted by atomic mass is 19.4. The highest BCUT2D eigenvalue weighted by Crippen LogP contribution is 2.28. The van der Waals surface area contributed by atoms with Crippen molar-refractivity contribution < 1.29 is 13.2 Å². The maximum absolute atomic E-state index is 11.9. The van der Waals surface area contributed by atoms with Gasteiger partial charge in [0.15, 0.2) is 0 Å². The zero-order valence-corrected chi connectivity index (χ0v) is 7.00. The van der Waals surface area contributed by atoms with Gasteiger partial charge in [-0.2, -0.15) is 13.2 Å². The van der Waals surface area contributed by atoms with Crippen molar-refractivity contribution in [2.75, 3.05) is 0 Å². The van der Waals surface area contributed by atoms with E-state index < -0.39 is 12.2 Å². The molecule has 0 bridgehead atoms. The molecule has 0 aliphatic heterocycles. The third-order valence-corrected chi connectivity index (χ3v) is 1.25. The van der Waals surface area contributed by atoms with Crippen molar-refractivity contribution in [3.63, 3.8) is 0 Å². The first-order valence-electron chi connectivity index (χ1n) is 3.45. The second-order valence-electron chi connectivity index (χ2n) is 3.91. The van der Waals surface area contributed by atoms with Crippen LogP contribution in [0.1, 0.15) is 27.2 Å². The fourth-order valence-corrected chi connectivity index (χ4v) is 0.775. The molecule has 0 saturated carbocycles. The van der Waals surface area contributed by atoms with Gasteiger partial charge in [-0.3, -0.25) is 0 Å². The predicted molar refractivity (Wildman–Crippen MR) is 38.1 cm³/mol. The van der Waals surface area contributed by atoms with Crippen molar-refractivity contribution in [3.05, 3.63) is 0 Å². The van der Waals surface area contributed by atoms with Crippen LogP contribution in [-0.2, 0) is 0 Å². The molecule has 0 saturated heterocycles. The zero-order valence-electron chi connectivity index (χ0n) is 7.00. The van der Waals surface area contributed by atoms with Crippen LogP contribution in [0.3, 0.4) is 0 Å². The summed E-state index contributed by atoms with van der Waals surface area (Å²) in [6, 6.07) is -1.69. The molecule has 0 heterocycles. The number of alkyl halides is 3. The molecule has 2 N–H and O–H groups in total. The van der Waals surface area contributed by atoms with Crippen molar-refractivity contribution >= 4 is 0 Å². The van der Waals surface area contributed by atoms with Gasteiger partial charge in [0.1, 0.15) is 6.04 Å². The van der Waals surface area contributed by atoms with Gasteiger partial charge in [-0.25, -0.2) is 0 Å². The SMILES string of the molecule is CC(C)(C)CC(N)C(F)(F)F. The maximum atomic E-state index is 11.9. The van der Waals surface area contributed by atoms with Crippen molar-refractivity contribution in [1.29, 1.82) is 0 Å². The monoisotopic (exact) mass is 169 g/mol. The summed E-state index contributed by atoms with van der Waals surface area (Å²) in [5.41, 5.74) is 4.55. The molecule has 0 aromatic carbocycles. The van der Waals surface area contributed by atoms with Gasteiger partial charge < -0.3 is 5.73 Å². The molecule has 4 heteroatoms. The number of hydrogen-bond donors (Lipinski definition) is 1. The summed E-state index contributed by atoms with van der Waals surface area (Å²) in [5, 5.41) is 0. The second kappa shape index (κ2) is 3.01. The topological polar surface area (TPSA) is 26.0 Å². The number of nitrogens with two attached hydrogens (primary N) is 1. The average molecular weight is 169 g/mol. The fourth-order valence-electron chi connectivity index (χ4n) is 0.775. The van der Waals surface area contributed by atoms with Crippen LogP contribution in [0.2, 0.25) is 0 Å². The summed E-state index contributed by atoms with van der Waals surface area (Å²) < 4.78 is 35.6. The summed E-state index contributed by atoms with van der Waals surface area (Å²) in [4.78, 5) is 0. The van der Waals surface area contributed by atoms with Crippen molar-refractivity contribution in [3.8, 4) is 0 Å². The van der Waals surface area contributed by atoms with E-state index in [1.54, 1.807) is 20.8 Å². The third-order valence-electron chi connectivity index (χ3n) is 1.25. The molecule has 0 spiro atoms. The number of halogens is 3. The second-order valence-corrected chi connectivity index (χ2v) is 3.91. The van der Waals surface area contributed by atoms with Gasteiger partial charge in [0.2, 0.25) is 0 Å². The summed E-state index contributed by atoms with van der Waals surface area (Å²) in [7, 11) is 0. The Hall–Kier alpha value is -0.250. The van der Waals surface area contributed by atoms with E-state index in [4.69, 9.17) is 5.73 Å². The van der Waals surface area contributed by atoms with Gasteiger partial charge in [-0.1, -0.05) is 20.8 Å². The molecule has 1 atom stereocenters. The highest BCUT2D eigenvalue weighted by Gasteiger charge is 2.38. The molecule has 0 rings (SSSR count). The van der Waals surface area contributed by atoms with Gasteiger partial charge in [-0.15, -0.1) is 0 Å². The lowest BCUT2D eigenvalue weighted by atomic mass is 9.88. The average Bonchev–Trinajstić information content (AvgIpc) is 1.56. The Balaban J connectivity index is 3.99. The molecule has 0 amide bonds. The Morgan fingerprint density at radius 3 is 1.64 bits per heavy atom. The summed E-state index contributed by atoms with van der Waals surface area (Å²) >= 11 is 0. The zero-order chi connectivity index (χ0) is 9.28. The lowest BCUT2D eigenvalue weighted by Gasteiger charge is -2.24. The fraction of sp³-hybridized carbons (Fsp3) is 1.00. The van der Waals surface area contributed by atoms with Crippen LogP contribution in [0.25, 0.3) is 0 Å². The Morgan fingerprint density at radius 1 is 1.18 bits per heavy atom. The van der Waals surface area contributed by atoms with E-state index in [2.05, 4.69) is 0 Å². The maximum Gasteiger partial charge on any atom is 0.403 e. The van der Waals surface area contributed by atoms with Crippen LogP contribution >= 0.6 is 0 Å². The van der Waals surface area contributed by atoms with Gasteiger partial charge in [0, 0.05) is 0 Å². The minimum atomic E-state index is -4.26. The van der Waals surface area contributed by atoms with Gasteiger partial charge in [0.05, 0.1) is 0 Å². The van der Waals surface area contributed by atoms with Gasteiger partial charge in [0.25, 0.3) is 0 Å². The lowest BCUT2D eigenvalue weighted by Crippen LogP contribution is -2.40. The van der Waals surface area contributed by atoms with E-state index in [0.717, 1.165) is 0 Å². The summed E-state index contributed by atoms with van der Waals surface area (Å²) in [6.45, 7) is 5.20. The van der Waals surface area contributed by atoms with E-state index in [0.29, 0.717) is 0 Å². The number of hydrogen-bond acceptors (Lipinski definition) is 1.